The van der Waals surface area contributed by atoms with Crippen LogP contribution in [0.5, 0.6) is 0 Å². The van der Waals surface area contributed by atoms with Crippen molar-refractivity contribution in [3.63, 3.8) is 0 Å². The van der Waals surface area contributed by atoms with E-state index in [1.165, 1.54) is 7.11 Å². The number of hydrogen-bond donors (Lipinski definition) is 2. The van der Waals surface area contributed by atoms with Gasteiger partial charge in [-0.25, -0.2) is 9.59 Å². The minimum absolute atomic E-state index is 0.273. The van der Waals surface area contributed by atoms with Crippen LogP contribution in [-0.4, -0.2) is 25.2 Å². The van der Waals surface area contributed by atoms with E-state index in [9.17, 15) is 9.59 Å². The smallest absolute Gasteiger partial charge is 0.328 e. The molecule has 0 aliphatic heterocycles. The Labute approximate surface area is 126 Å². The molecule has 1 rings (SSSR count). The number of urea groups is 1. The highest BCUT2D eigenvalue weighted by Gasteiger charge is 2.22. The molecule has 1 aromatic rings. The average Bonchev–Trinajstić information content (AvgIpc) is 2.41. The molecule has 1 unspecified atom stereocenters. The normalized spacial score (nSPS) is 11.9. The molecular formula is C16H24N2O3. The fourth-order valence-corrected chi connectivity index (χ4v) is 2.03. The minimum atomic E-state index is -0.639. The van der Waals surface area contributed by atoms with E-state index in [0.717, 1.165) is 16.8 Å². The summed E-state index contributed by atoms with van der Waals surface area (Å²) in [5.74, 6) is -0.157. The number of methoxy groups -OCH3 is 1. The molecule has 0 bridgehead atoms. The third-order valence-corrected chi connectivity index (χ3v) is 3.35. The maximum Gasteiger partial charge on any atom is 0.328 e. The zero-order valence-corrected chi connectivity index (χ0v) is 13.3. The lowest BCUT2D eigenvalue weighted by molar-refractivity contribution is -0.143. The van der Waals surface area contributed by atoms with Gasteiger partial charge in [0.1, 0.15) is 6.04 Å². The number of aryl methyl sites for hydroxylation is 1. The van der Waals surface area contributed by atoms with Crippen molar-refractivity contribution < 1.29 is 14.3 Å². The van der Waals surface area contributed by atoms with Gasteiger partial charge >= 0.3 is 12.0 Å². The molecule has 2 amide bonds. The van der Waals surface area contributed by atoms with Crippen LogP contribution in [0.2, 0.25) is 0 Å². The summed E-state index contributed by atoms with van der Waals surface area (Å²) in [5.41, 5.74) is 2.84. The molecule has 1 atom stereocenters. The number of nitrogens with one attached hydrogen (secondary N) is 2. The van der Waals surface area contributed by atoms with Crippen molar-refractivity contribution in [1.82, 2.24) is 5.32 Å². The van der Waals surface area contributed by atoms with Crippen molar-refractivity contribution in [2.24, 2.45) is 5.92 Å². The van der Waals surface area contributed by atoms with E-state index in [0.29, 0.717) is 6.42 Å². The molecule has 0 heterocycles. The Kier molecular flexibility index (Phi) is 6.21. The van der Waals surface area contributed by atoms with Gasteiger partial charge < -0.3 is 15.4 Å². The minimum Gasteiger partial charge on any atom is -0.467 e. The average molecular weight is 292 g/mol. The molecule has 0 spiro atoms. The van der Waals surface area contributed by atoms with Gasteiger partial charge in [-0.05, 0) is 43.4 Å². The SMILES string of the molecule is COC(=O)C(CC(C)C)NC(=O)Nc1cccc(C)c1C. The molecule has 0 fully saturated rings. The lowest BCUT2D eigenvalue weighted by atomic mass is 10.0. The molecule has 5 nitrogen and oxygen atoms in total. The van der Waals surface area contributed by atoms with Crippen LogP contribution in [-0.2, 0) is 9.53 Å². The lowest BCUT2D eigenvalue weighted by Gasteiger charge is -2.19. The monoisotopic (exact) mass is 292 g/mol. The van der Waals surface area contributed by atoms with Crippen LogP contribution in [0.25, 0.3) is 0 Å². The quantitative estimate of drug-likeness (QED) is 0.820. The summed E-state index contributed by atoms with van der Waals surface area (Å²) in [6.45, 7) is 7.89. The summed E-state index contributed by atoms with van der Waals surface area (Å²) in [7, 11) is 1.32. The topological polar surface area (TPSA) is 67.4 Å². The predicted octanol–water partition coefficient (Wildman–Crippen LogP) is 3.01. The Bertz CT molecular complexity index is 512. The number of anilines is 1. The van der Waals surface area contributed by atoms with Crippen LogP contribution in [0, 0.1) is 19.8 Å². The maximum atomic E-state index is 12.1. The van der Waals surface area contributed by atoms with Gasteiger partial charge in [-0.2, -0.15) is 0 Å². The molecule has 1 aromatic carbocycles. The second-order valence-corrected chi connectivity index (χ2v) is 5.55. The van der Waals surface area contributed by atoms with Gasteiger partial charge in [0.2, 0.25) is 0 Å². The summed E-state index contributed by atoms with van der Waals surface area (Å²) in [6.07, 6.45) is 0.535. The van der Waals surface area contributed by atoms with Crippen molar-refractivity contribution in [1.29, 1.82) is 0 Å². The third-order valence-electron chi connectivity index (χ3n) is 3.35. The van der Waals surface area contributed by atoms with Crippen LogP contribution in [0.3, 0.4) is 0 Å². The van der Waals surface area contributed by atoms with Crippen molar-refractivity contribution in [2.45, 2.75) is 40.2 Å². The summed E-state index contributed by atoms with van der Waals surface area (Å²) >= 11 is 0. The molecule has 116 valence electrons. The molecule has 0 aromatic heterocycles. The zero-order chi connectivity index (χ0) is 16.0. The fourth-order valence-electron chi connectivity index (χ4n) is 2.03. The van der Waals surface area contributed by atoms with Crippen molar-refractivity contribution in [3.8, 4) is 0 Å². The molecule has 0 saturated carbocycles. The first-order valence-electron chi connectivity index (χ1n) is 7.06. The number of ether oxygens (including phenoxy) is 1. The van der Waals surface area contributed by atoms with E-state index >= 15 is 0 Å². The van der Waals surface area contributed by atoms with E-state index in [4.69, 9.17) is 4.74 Å². The van der Waals surface area contributed by atoms with Gasteiger partial charge in [-0.1, -0.05) is 26.0 Å². The van der Waals surface area contributed by atoms with E-state index in [1.54, 1.807) is 0 Å². The summed E-state index contributed by atoms with van der Waals surface area (Å²) in [5, 5.41) is 5.45. The standard InChI is InChI=1S/C16H24N2O3/c1-10(2)9-14(15(19)21-5)18-16(20)17-13-8-6-7-11(3)12(13)4/h6-8,10,14H,9H2,1-5H3,(H2,17,18,20). The van der Waals surface area contributed by atoms with Crippen LogP contribution < -0.4 is 10.6 Å². The second-order valence-electron chi connectivity index (χ2n) is 5.55. The Morgan fingerprint density at radius 3 is 2.48 bits per heavy atom. The largest absolute Gasteiger partial charge is 0.467 e. The molecule has 0 saturated heterocycles. The first-order valence-corrected chi connectivity index (χ1v) is 7.06. The van der Waals surface area contributed by atoms with Gasteiger partial charge in [0.15, 0.2) is 0 Å². The van der Waals surface area contributed by atoms with Crippen LogP contribution in [0.15, 0.2) is 18.2 Å². The van der Waals surface area contributed by atoms with Gasteiger partial charge in [-0.15, -0.1) is 0 Å². The predicted molar refractivity (Wildman–Crippen MR) is 83.3 cm³/mol. The summed E-state index contributed by atoms with van der Waals surface area (Å²) < 4.78 is 4.73. The number of rotatable bonds is 5. The van der Waals surface area contributed by atoms with Gasteiger partial charge in [0.05, 0.1) is 7.11 Å². The van der Waals surface area contributed by atoms with Crippen molar-refractivity contribution in [3.05, 3.63) is 29.3 Å². The number of amides is 2. The number of carbonyl (C=O) groups is 2. The highest BCUT2D eigenvalue weighted by Crippen LogP contribution is 2.17. The number of benzene rings is 1. The Hall–Kier alpha value is -2.04. The van der Waals surface area contributed by atoms with Crippen LogP contribution in [0.1, 0.15) is 31.4 Å². The lowest BCUT2D eigenvalue weighted by Crippen LogP contribution is -2.44. The highest BCUT2D eigenvalue weighted by atomic mass is 16.5. The highest BCUT2D eigenvalue weighted by molar-refractivity contribution is 5.93. The van der Waals surface area contributed by atoms with Crippen molar-refractivity contribution in [2.75, 3.05) is 12.4 Å². The Morgan fingerprint density at radius 1 is 1.24 bits per heavy atom. The van der Waals surface area contributed by atoms with Crippen molar-refractivity contribution >= 4 is 17.7 Å². The first-order chi connectivity index (χ1) is 9.85. The molecule has 21 heavy (non-hydrogen) atoms. The van der Waals surface area contributed by atoms with Gasteiger partial charge in [0.25, 0.3) is 0 Å². The molecular weight excluding hydrogens is 268 g/mol. The molecule has 2 N–H and O–H groups in total. The number of esters is 1. The van der Waals surface area contributed by atoms with E-state index in [1.807, 2.05) is 45.9 Å². The molecule has 0 aliphatic carbocycles. The van der Waals surface area contributed by atoms with E-state index in [-0.39, 0.29) is 5.92 Å². The van der Waals surface area contributed by atoms with Crippen LogP contribution >= 0.6 is 0 Å². The third kappa shape index (κ3) is 5.10. The van der Waals surface area contributed by atoms with Gasteiger partial charge in [0, 0.05) is 5.69 Å². The number of hydrogen-bond acceptors (Lipinski definition) is 3. The van der Waals surface area contributed by atoms with E-state index in [2.05, 4.69) is 10.6 Å². The molecule has 0 radical (unpaired) electrons. The second kappa shape index (κ2) is 7.67. The number of carbonyl (C=O) groups excluding carboxylic acids is 2. The Morgan fingerprint density at radius 2 is 1.90 bits per heavy atom. The van der Waals surface area contributed by atoms with Gasteiger partial charge in [-0.3, -0.25) is 0 Å². The summed E-state index contributed by atoms with van der Waals surface area (Å²) in [4.78, 5) is 23.7. The summed E-state index contributed by atoms with van der Waals surface area (Å²) in [6, 6.07) is 4.65. The Balaban J connectivity index is 2.73. The van der Waals surface area contributed by atoms with Crippen LogP contribution in [0.4, 0.5) is 10.5 Å². The first kappa shape index (κ1) is 17.0. The molecule has 0 aliphatic rings. The fraction of sp³-hybridized carbons (Fsp3) is 0.500. The maximum absolute atomic E-state index is 12.1. The molecule has 5 heteroatoms. The van der Waals surface area contributed by atoms with E-state index < -0.39 is 18.0 Å². The zero-order valence-electron chi connectivity index (χ0n) is 13.3.